The molecule has 0 radical (unpaired) electrons. The zero-order chi connectivity index (χ0) is 17.9. The van der Waals surface area contributed by atoms with Gasteiger partial charge in [0, 0.05) is 37.4 Å². The van der Waals surface area contributed by atoms with Crippen LogP contribution in [0.1, 0.15) is 37.9 Å². The van der Waals surface area contributed by atoms with Crippen molar-refractivity contribution in [2.45, 2.75) is 51.3 Å². The first kappa shape index (κ1) is 18.0. The van der Waals surface area contributed by atoms with E-state index in [1.54, 1.807) is 7.11 Å². The molecule has 136 valence electrons. The Kier molecular flexibility index (Phi) is 5.45. The summed E-state index contributed by atoms with van der Waals surface area (Å²) in [5, 5.41) is 15.6. The predicted octanol–water partition coefficient (Wildman–Crippen LogP) is 2.83. The van der Waals surface area contributed by atoms with Crippen LogP contribution in [0.15, 0.2) is 36.5 Å². The fraction of sp³-hybridized carbons (Fsp3) is 0.550. The van der Waals surface area contributed by atoms with Crippen molar-refractivity contribution >= 4 is 0 Å². The summed E-state index contributed by atoms with van der Waals surface area (Å²) >= 11 is 0. The Bertz CT molecular complexity index is 679. The normalized spacial score (nSPS) is 20.6. The van der Waals surface area contributed by atoms with Crippen molar-refractivity contribution in [3.05, 3.63) is 47.8 Å². The summed E-state index contributed by atoms with van der Waals surface area (Å²) in [5.41, 5.74) is 1.34. The molecule has 1 aliphatic heterocycles. The summed E-state index contributed by atoms with van der Waals surface area (Å²) in [6.07, 6.45) is 4.98. The van der Waals surface area contributed by atoms with Crippen LogP contribution in [0.2, 0.25) is 0 Å². The van der Waals surface area contributed by atoms with E-state index in [0.29, 0.717) is 0 Å². The Hall–Kier alpha value is -1.85. The molecule has 3 rings (SSSR count). The van der Waals surface area contributed by atoms with Crippen molar-refractivity contribution < 1.29 is 9.84 Å². The Balaban J connectivity index is 1.71. The number of aliphatic hydroxyl groups is 1. The van der Waals surface area contributed by atoms with Crippen molar-refractivity contribution in [2.24, 2.45) is 0 Å². The zero-order valence-electron chi connectivity index (χ0n) is 15.5. The van der Waals surface area contributed by atoms with Gasteiger partial charge in [0.05, 0.1) is 7.11 Å². The minimum Gasteiger partial charge on any atom is -0.497 e. The molecule has 5 heteroatoms. The van der Waals surface area contributed by atoms with Gasteiger partial charge in [0.2, 0.25) is 0 Å². The van der Waals surface area contributed by atoms with Crippen LogP contribution in [0, 0.1) is 0 Å². The van der Waals surface area contributed by atoms with E-state index in [2.05, 4.69) is 23.0 Å². The van der Waals surface area contributed by atoms with Crippen LogP contribution >= 0.6 is 0 Å². The van der Waals surface area contributed by atoms with Gasteiger partial charge in [-0.1, -0.05) is 12.1 Å². The van der Waals surface area contributed by atoms with Gasteiger partial charge in [-0.3, -0.25) is 9.58 Å². The molecule has 2 heterocycles. The number of benzene rings is 1. The minimum absolute atomic E-state index is 0.138. The van der Waals surface area contributed by atoms with Gasteiger partial charge in [0.1, 0.15) is 11.4 Å². The largest absolute Gasteiger partial charge is 0.497 e. The van der Waals surface area contributed by atoms with E-state index in [9.17, 15) is 5.11 Å². The fourth-order valence-corrected chi connectivity index (χ4v) is 3.97. The SMILES string of the molecule is CCn1nccc1CCN1CCCC1C(C)(O)c1ccc(OC)cc1. The second-order valence-corrected chi connectivity index (χ2v) is 6.96. The van der Waals surface area contributed by atoms with Gasteiger partial charge in [0.15, 0.2) is 0 Å². The van der Waals surface area contributed by atoms with Crippen LogP contribution in [0.5, 0.6) is 5.75 Å². The van der Waals surface area contributed by atoms with Gasteiger partial charge in [-0.05, 0) is 57.0 Å². The van der Waals surface area contributed by atoms with Crippen LogP contribution in [0.25, 0.3) is 0 Å². The minimum atomic E-state index is -0.867. The molecular formula is C20H29N3O2. The maximum Gasteiger partial charge on any atom is 0.118 e. The lowest BCUT2D eigenvalue weighted by molar-refractivity contribution is -0.0227. The van der Waals surface area contributed by atoms with Gasteiger partial charge in [-0.2, -0.15) is 5.10 Å². The Labute approximate surface area is 150 Å². The second kappa shape index (κ2) is 7.58. The molecule has 0 aliphatic carbocycles. The third-order valence-corrected chi connectivity index (χ3v) is 5.45. The number of nitrogens with zero attached hydrogens (tertiary/aromatic N) is 3. The number of rotatable bonds is 7. The predicted molar refractivity (Wildman–Crippen MR) is 98.8 cm³/mol. The summed E-state index contributed by atoms with van der Waals surface area (Å²) in [4.78, 5) is 2.43. The first-order chi connectivity index (χ1) is 12.1. The quantitative estimate of drug-likeness (QED) is 0.840. The van der Waals surface area contributed by atoms with Gasteiger partial charge >= 0.3 is 0 Å². The average molecular weight is 343 g/mol. The monoisotopic (exact) mass is 343 g/mol. The highest BCUT2D eigenvalue weighted by atomic mass is 16.5. The Morgan fingerprint density at radius 1 is 1.28 bits per heavy atom. The molecule has 0 bridgehead atoms. The van der Waals surface area contributed by atoms with Gasteiger partial charge in [-0.25, -0.2) is 0 Å². The van der Waals surface area contributed by atoms with Crippen molar-refractivity contribution in [3.63, 3.8) is 0 Å². The molecule has 0 amide bonds. The van der Waals surface area contributed by atoms with Crippen LogP contribution in [-0.2, 0) is 18.6 Å². The number of aromatic nitrogens is 2. The van der Waals surface area contributed by atoms with E-state index < -0.39 is 5.60 Å². The zero-order valence-corrected chi connectivity index (χ0v) is 15.5. The lowest BCUT2D eigenvalue weighted by Crippen LogP contribution is -2.46. The van der Waals surface area contributed by atoms with E-state index in [0.717, 1.165) is 50.2 Å². The summed E-state index contributed by atoms with van der Waals surface area (Å²) in [6, 6.07) is 10.0. The Morgan fingerprint density at radius 2 is 2.04 bits per heavy atom. The highest BCUT2D eigenvalue weighted by Crippen LogP contribution is 2.35. The van der Waals surface area contributed by atoms with Crippen LogP contribution in [0.3, 0.4) is 0 Å². The van der Waals surface area contributed by atoms with Crippen LogP contribution < -0.4 is 4.74 Å². The third kappa shape index (κ3) is 3.72. The van der Waals surface area contributed by atoms with Crippen molar-refractivity contribution in [3.8, 4) is 5.75 Å². The molecule has 0 saturated carbocycles. The maximum atomic E-state index is 11.3. The van der Waals surface area contributed by atoms with E-state index in [4.69, 9.17) is 4.74 Å². The molecule has 2 unspecified atom stereocenters. The molecule has 1 fully saturated rings. The molecule has 2 aromatic rings. The van der Waals surface area contributed by atoms with E-state index in [1.165, 1.54) is 5.69 Å². The number of aryl methyl sites for hydroxylation is 1. The molecule has 25 heavy (non-hydrogen) atoms. The van der Waals surface area contributed by atoms with E-state index >= 15 is 0 Å². The number of hydrogen-bond donors (Lipinski definition) is 1. The summed E-state index contributed by atoms with van der Waals surface area (Å²) in [5.74, 6) is 0.815. The van der Waals surface area contributed by atoms with Crippen LogP contribution in [-0.4, -0.2) is 46.0 Å². The standard InChI is InChI=1S/C20H29N3O2/c1-4-23-17(11-13-21-23)12-15-22-14-5-6-19(22)20(2,24)16-7-9-18(25-3)10-8-16/h7-11,13,19,24H,4-6,12,14-15H2,1-3H3. The maximum absolute atomic E-state index is 11.3. The molecule has 2 atom stereocenters. The van der Waals surface area contributed by atoms with Crippen LogP contribution in [0.4, 0.5) is 0 Å². The summed E-state index contributed by atoms with van der Waals surface area (Å²) in [6.45, 7) is 6.94. The fourth-order valence-electron chi connectivity index (χ4n) is 3.97. The van der Waals surface area contributed by atoms with Gasteiger partial charge in [-0.15, -0.1) is 0 Å². The van der Waals surface area contributed by atoms with E-state index in [1.807, 2.05) is 42.1 Å². The number of likely N-dealkylation sites (tertiary alicyclic amines) is 1. The lowest BCUT2D eigenvalue weighted by atomic mass is 9.86. The highest BCUT2D eigenvalue weighted by Gasteiger charge is 2.40. The first-order valence-corrected chi connectivity index (χ1v) is 9.18. The average Bonchev–Trinajstić information content (AvgIpc) is 3.28. The molecule has 0 spiro atoms. The molecule has 1 N–H and O–H groups in total. The van der Waals surface area contributed by atoms with Gasteiger partial charge < -0.3 is 9.84 Å². The molecule has 1 aromatic heterocycles. The third-order valence-electron chi connectivity index (χ3n) is 5.45. The Morgan fingerprint density at radius 3 is 2.72 bits per heavy atom. The smallest absolute Gasteiger partial charge is 0.118 e. The molecule has 1 aromatic carbocycles. The molecule has 1 saturated heterocycles. The molecular weight excluding hydrogens is 314 g/mol. The van der Waals surface area contributed by atoms with E-state index in [-0.39, 0.29) is 6.04 Å². The molecule has 5 nitrogen and oxygen atoms in total. The number of methoxy groups -OCH3 is 1. The highest BCUT2D eigenvalue weighted by molar-refractivity contribution is 5.31. The number of hydrogen-bond acceptors (Lipinski definition) is 4. The van der Waals surface area contributed by atoms with Crippen molar-refractivity contribution in [1.29, 1.82) is 0 Å². The van der Waals surface area contributed by atoms with Gasteiger partial charge in [0.25, 0.3) is 0 Å². The van der Waals surface area contributed by atoms with Crippen molar-refractivity contribution in [2.75, 3.05) is 20.2 Å². The number of ether oxygens (including phenoxy) is 1. The second-order valence-electron chi connectivity index (χ2n) is 6.96. The summed E-state index contributed by atoms with van der Waals surface area (Å²) < 4.78 is 7.28. The molecule has 1 aliphatic rings. The summed E-state index contributed by atoms with van der Waals surface area (Å²) in [7, 11) is 1.66. The first-order valence-electron chi connectivity index (χ1n) is 9.18. The topological polar surface area (TPSA) is 50.5 Å². The van der Waals surface area contributed by atoms with Crippen molar-refractivity contribution in [1.82, 2.24) is 14.7 Å². The lowest BCUT2D eigenvalue weighted by Gasteiger charge is -2.37.